The van der Waals surface area contributed by atoms with Gasteiger partial charge >= 0.3 is 0 Å². The number of nitrogens with two attached hydrogens (primary N) is 1. The summed E-state index contributed by atoms with van der Waals surface area (Å²) < 4.78 is 5.73. The van der Waals surface area contributed by atoms with Crippen LogP contribution in [0.25, 0.3) is 0 Å². The first kappa shape index (κ1) is 16.5. The van der Waals surface area contributed by atoms with Crippen LogP contribution >= 0.6 is 0 Å². The first-order valence-electron chi connectivity index (χ1n) is 7.51. The molecule has 0 atom stereocenters. The molecule has 0 saturated carbocycles. The second kappa shape index (κ2) is 8.56. The first-order chi connectivity index (χ1) is 9.56. The molecule has 0 aliphatic carbocycles. The van der Waals surface area contributed by atoms with Crippen molar-refractivity contribution in [3.05, 3.63) is 22.9 Å². The summed E-state index contributed by atoms with van der Waals surface area (Å²) >= 11 is 0. The Morgan fingerprint density at radius 2 is 1.85 bits per heavy atom. The number of unbranched alkanes of at least 4 members (excludes halogenated alkanes) is 5. The van der Waals surface area contributed by atoms with Gasteiger partial charge in [-0.3, -0.25) is 5.41 Å². The molecule has 0 unspecified atom stereocenters. The van der Waals surface area contributed by atoms with Crippen LogP contribution in [0.15, 0.2) is 6.07 Å². The predicted molar refractivity (Wildman–Crippen MR) is 83.6 cm³/mol. The average Bonchev–Trinajstić information content (AvgIpc) is 2.36. The minimum absolute atomic E-state index is 0.0212. The number of ether oxygens (including phenoxy) is 1. The summed E-state index contributed by atoms with van der Waals surface area (Å²) in [6.45, 7) is 6.72. The minimum atomic E-state index is 0.0212. The molecule has 0 aliphatic heterocycles. The number of amidine groups is 1. The van der Waals surface area contributed by atoms with Gasteiger partial charge in [0.05, 0.1) is 12.2 Å². The lowest BCUT2D eigenvalue weighted by molar-refractivity contribution is 0.292. The van der Waals surface area contributed by atoms with Crippen molar-refractivity contribution in [2.75, 3.05) is 6.61 Å². The third kappa shape index (κ3) is 5.19. The lowest BCUT2D eigenvalue weighted by Gasteiger charge is -2.12. The fourth-order valence-electron chi connectivity index (χ4n) is 2.29. The van der Waals surface area contributed by atoms with Gasteiger partial charge in [0, 0.05) is 5.69 Å². The number of rotatable bonds is 9. The maximum absolute atomic E-state index is 7.64. The zero-order chi connectivity index (χ0) is 15.0. The van der Waals surface area contributed by atoms with Gasteiger partial charge in [0.15, 0.2) is 0 Å². The largest absolute Gasteiger partial charge is 0.477 e. The molecule has 0 saturated heterocycles. The fraction of sp³-hybridized carbons (Fsp3) is 0.625. The Hall–Kier alpha value is -1.58. The van der Waals surface area contributed by atoms with Gasteiger partial charge in [-0.2, -0.15) is 0 Å². The lowest BCUT2D eigenvalue weighted by Crippen LogP contribution is -2.16. The average molecular weight is 277 g/mol. The molecule has 3 N–H and O–H groups in total. The molecule has 112 valence electrons. The topological polar surface area (TPSA) is 72.0 Å². The molecule has 0 fully saturated rings. The summed E-state index contributed by atoms with van der Waals surface area (Å²) in [5.41, 5.74) is 8.08. The lowest BCUT2D eigenvalue weighted by atomic mass is 10.1. The van der Waals surface area contributed by atoms with Gasteiger partial charge in [0.2, 0.25) is 5.88 Å². The summed E-state index contributed by atoms with van der Waals surface area (Å²) in [6.07, 6.45) is 7.35. The molecule has 0 aromatic carbocycles. The Morgan fingerprint density at radius 3 is 2.50 bits per heavy atom. The smallest absolute Gasteiger partial charge is 0.224 e. The number of aromatic nitrogens is 1. The van der Waals surface area contributed by atoms with Crippen LogP contribution in [-0.2, 0) is 0 Å². The zero-order valence-electron chi connectivity index (χ0n) is 13.0. The van der Waals surface area contributed by atoms with E-state index in [2.05, 4.69) is 11.9 Å². The van der Waals surface area contributed by atoms with E-state index in [-0.39, 0.29) is 5.84 Å². The molecule has 20 heavy (non-hydrogen) atoms. The molecule has 4 heteroatoms. The van der Waals surface area contributed by atoms with Crippen LogP contribution in [0, 0.1) is 19.3 Å². The molecule has 0 radical (unpaired) electrons. The Balaban J connectivity index is 2.49. The van der Waals surface area contributed by atoms with Gasteiger partial charge in [0.25, 0.3) is 0 Å². The Morgan fingerprint density at radius 1 is 1.20 bits per heavy atom. The highest BCUT2D eigenvalue weighted by Gasteiger charge is 2.12. The van der Waals surface area contributed by atoms with Crippen molar-refractivity contribution < 1.29 is 4.74 Å². The summed E-state index contributed by atoms with van der Waals surface area (Å²) in [6, 6.07) is 1.92. The van der Waals surface area contributed by atoms with Crippen LogP contribution in [-0.4, -0.2) is 17.4 Å². The summed E-state index contributed by atoms with van der Waals surface area (Å²) in [5, 5.41) is 7.64. The van der Waals surface area contributed by atoms with Crippen LogP contribution in [0.1, 0.15) is 62.3 Å². The zero-order valence-corrected chi connectivity index (χ0v) is 13.0. The SMILES string of the molecule is CCCCCCCCOc1nc(C)cc(C)c1C(=N)N. The van der Waals surface area contributed by atoms with Crippen molar-refractivity contribution in [2.24, 2.45) is 5.73 Å². The Kier molecular flexibility index (Phi) is 7.05. The van der Waals surface area contributed by atoms with Crippen molar-refractivity contribution in [3.63, 3.8) is 0 Å². The van der Waals surface area contributed by atoms with Crippen LogP contribution in [0.3, 0.4) is 0 Å². The molecule has 0 bridgehead atoms. The molecule has 0 aliphatic rings. The predicted octanol–water partition coefficient (Wildman–Crippen LogP) is 3.72. The number of aryl methyl sites for hydroxylation is 2. The van der Waals surface area contributed by atoms with E-state index in [1.807, 2.05) is 19.9 Å². The minimum Gasteiger partial charge on any atom is -0.477 e. The van der Waals surface area contributed by atoms with Crippen LogP contribution in [0.5, 0.6) is 5.88 Å². The van der Waals surface area contributed by atoms with Gasteiger partial charge in [0.1, 0.15) is 5.84 Å². The number of nitrogen functional groups attached to an aromatic ring is 1. The number of nitrogens with zero attached hydrogens (tertiary/aromatic N) is 1. The van der Waals surface area contributed by atoms with E-state index in [9.17, 15) is 0 Å². The van der Waals surface area contributed by atoms with E-state index >= 15 is 0 Å². The fourth-order valence-corrected chi connectivity index (χ4v) is 2.29. The number of hydrogen-bond donors (Lipinski definition) is 2. The van der Waals surface area contributed by atoms with E-state index in [0.29, 0.717) is 18.1 Å². The van der Waals surface area contributed by atoms with Crippen molar-refractivity contribution in [1.29, 1.82) is 5.41 Å². The Labute approximate surface area is 122 Å². The second-order valence-electron chi connectivity index (χ2n) is 5.29. The molecule has 1 rings (SSSR count). The second-order valence-corrected chi connectivity index (χ2v) is 5.29. The van der Waals surface area contributed by atoms with Crippen LogP contribution < -0.4 is 10.5 Å². The Bertz CT molecular complexity index is 444. The third-order valence-corrected chi connectivity index (χ3v) is 3.32. The quantitative estimate of drug-likeness (QED) is 0.410. The maximum Gasteiger partial charge on any atom is 0.224 e. The van der Waals surface area contributed by atoms with Crippen LogP contribution in [0.2, 0.25) is 0 Å². The third-order valence-electron chi connectivity index (χ3n) is 3.32. The van der Waals surface area contributed by atoms with Crippen molar-refractivity contribution in [3.8, 4) is 5.88 Å². The van der Waals surface area contributed by atoms with Gasteiger partial charge in [-0.25, -0.2) is 4.98 Å². The van der Waals surface area contributed by atoms with Crippen molar-refractivity contribution in [1.82, 2.24) is 4.98 Å². The molecule has 4 nitrogen and oxygen atoms in total. The van der Waals surface area contributed by atoms with Crippen LogP contribution in [0.4, 0.5) is 0 Å². The molecular weight excluding hydrogens is 250 g/mol. The van der Waals surface area contributed by atoms with E-state index in [4.69, 9.17) is 15.9 Å². The standard InChI is InChI=1S/C16H27N3O/c1-4-5-6-7-8-9-10-20-16-14(15(17)18)12(2)11-13(3)19-16/h11H,4-10H2,1-3H3,(H3,17,18). The van der Waals surface area contributed by atoms with E-state index in [0.717, 1.165) is 17.7 Å². The number of hydrogen-bond acceptors (Lipinski definition) is 3. The van der Waals surface area contributed by atoms with E-state index < -0.39 is 0 Å². The van der Waals surface area contributed by atoms with E-state index in [1.165, 1.54) is 32.1 Å². The van der Waals surface area contributed by atoms with E-state index in [1.54, 1.807) is 0 Å². The molecule has 1 aromatic heterocycles. The summed E-state index contributed by atoms with van der Waals surface area (Å²) in [5.74, 6) is 0.525. The van der Waals surface area contributed by atoms with Crippen molar-refractivity contribution in [2.45, 2.75) is 59.3 Å². The van der Waals surface area contributed by atoms with Gasteiger partial charge in [-0.1, -0.05) is 39.0 Å². The van der Waals surface area contributed by atoms with Gasteiger partial charge in [-0.05, 0) is 31.9 Å². The highest BCUT2D eigenvalue weighted by atomic mass is 16.5. The van der Waals surface area contributed by atoms with Crippen molar-refractivity contribution >= 4 is 5.84 Å². The molecule has 0 amide bonds. The highest BCUT2D eigenvalue weighted by Crippen LogP contribution is 2.20. The normalized spacial score (nSPS) is 10.6. The molecule has 0 spiro atoms. The molecular formula is C16H27N3O. The summed E-state index contributed by atoms with van der Waals surface area (Å²) in [4.78, 5) is 4.36. The summed E-state index contributed by atoms with van der Waals surface area (Å²) in [7, 11) is 0. The van der Waals surface area contributed by atoms with Gasteiger partial charge in [-0.15, -0.1) is 0 Å². The molecule has 1 aromatic rings. The molecule has 1 heterocycles. The maximum atomic E-state index is 7.64. The number of nitrogens with one attached hydrogen (secondary N) is 1. The van der Waals surface area contributed by atoms with Gasteiger partial charge < -0.3 is 10.5 Å². The highest BCUT2D eigenvalue weighted by molar-refractivity contribution is 5.98. The monoisotopic (exact) mass is 277 g/mol. The first-order valence-corrected chi connectivity index (χ1v) is 7.51. The number of pyridine rings is 1.